The first-order chi connectivity index (χ1) is 8.24. The lowest BCUT2D eigenvalue weighted by molar-refractivity contribution is 0.208. The molecule has 1 aliphatic rings. The van der Waals surface area contributed by atoms with Crippen molar-refractivity contribution in [2.45, 2.75) is 26.0 Å². The highest BCUT2D eigenvalue weighted by Gasteiger charge is 2.24. The van der Waals surface area contributed by atoms with Crippen molar-refractivity contribution in [1.29, 1.82) is 0 Å². The summed E-state index contributed by atoms with van der Waals surface area (Å²) in [7, 11) is 0. The Kier molecular flexibility index (Phi) is 2.52. The summed E-state index contributed by atoms with van der Waals surface area (Å²) in [5.41, 5.74) is 1.25. The van der Waals surface area contributed by atoms with Crippen molar-refractivity contribution in [2.24, 2.45) is 0 Å². The highest BCUT2D eigenvalue weighted by atomic mass is 35.5. The molecule has 88 valence electrons. The molecule has 17 heavy (non-hydrogen) atoms. The van der Waals surface area contributed by atoms with Crippen molar-refractivity contribution in [3.63, 3.8) is 0 Å². The van der Waals surface area contributed by atoms with Crippen LogP contribution in [0, 0.1) is 6.92 Å². The van der Waals surface area contributed by atoms with Crippen molar-refractivity contribution in [3.05, 3.63) is 40.9 Å². The van der Waals surface area contributed by atoms with Crippen LogP contribution in [0.1, 0.15) is 11.4 Å². The third-order valence-electron chi connectivity index (χ3n) is 2.99. The van der Waals surface area contributed by atoms with Gasteiger partial charge in [0.2, 0.25) is 5.28 Å². The summed E-state index contributed by atoms with van der Waals surface area (Å²) in [6.07, 6.45) is 1.02. The zero-order valence-electron chi connectivity index (χ0n) is 9.43. The molecule has 0 radical (unpaired) electrons. The fraction of sp³-hybridized carbons (Fsp3) is 0.333. The number of halogens is 1. The van der Waals surface area contributed by atoms with E-state index < -0.39 is 0 Å². The van der Waals surface area contributed by atoms with Gasteiger partial charge in [-0.25, -0.2) is 0 Å². The summed E-state index contributed by atoms with van der Waals surface area (Å²) in [5, 5.41) is 8.18. The summed E-state index contributed by atoms with van der Waals surface area (Å²) < 4.78 is 7.73. The van der Waals surface area contributed by atoms with Crippen LogP contribution in [0.2, 0.25) is 5.28 Å². The molecule has 1 aliphatic heterocycles. The van der Waals surface area contributed by atoms with Crippen LogP contribution in [0.15, 0.2) is 24.3 Å². The van der Waals surface area contributed by atoms with Gasteiger partial charge in [-0.15, -0.1) is 10.2 Å². The molecule has 0 amide bonds. The Hall–Kier alpha value is -1.55. The zero-order valence-corrected chi connectivity index (χ0v) is 10.2. The topological polar surface area (TPSA) is 39.9 Å². The zero-order chi connectivity index (χ0) is 11.8. The van der Waals surface area contributed by atoms with Crippen LogP contribution in [0.3, 0.4) is 0 Å². The number of rotatable bonds is 2. The predicted octanol–water partition coefficient (Wildman–Crippen LogP) is 2.24. The maximum absolute atomic E-state index is 5.97. The number of benzene rings is 1. The van der Waals surface area contributed by atoms with Gasteiger partial charge in [0.25, 0.3) is 0 Å². The van der Waals surface area contributed by atoms with Gasteiger partial charge in [0.15, 0.2) is 0 Å². The van der Waals surface area contributed by atoms with Gasteiger partial charge >= 0.3 is 0 Å². The van der Waals surface area contributed by atoms with Crippen LogP contribution >= 0.6 is 11.6 Å². The second-order valence-electron chi connectivity index (χ2n) is 4.18. The van der Waals surface area contributed by atoms with E-state index in [1.165, 1.54) is 5.56 Å². The van der Waals surface area contributed by atoms with E-state index >= 15 is 0 Å². The normalized spacial score (nSPS) is 17.9. The second kappa shape index (κ2) is 4.04. The maximum atomic E-state index is 5.97. The lowest BCUT2D eigenvalue weighted by Gasteiger charge is -2.12. The molecule has 0 saturated carbocycles. The van der Waals surface area contributed by atoms with E-state index in [0.29, 0.717) is 11.8 Å². The fourth-order valence-corrected chi connectivity index (χ4v) is 2.35. The van der Waals surface area contributed by atoms with Crippen molar-refractivity contribution in [3.8, 4) is 5.75 Å². The van der Waals surface area contributed by atoms with E-state index in [2.05, 4.69) is 16.3 Å². The predicted molar refractivity (Wildman–Crippen MR) is 64.3 cm³/mol. The van der Waals surface area contributed by atoms with Crippen molar-refractivity contribution < 1.29 is 4.74 Å². The highest BCUT2D eigenvalue weighted by molar-refractivity contribution is 6.28. The molecule has 4 nitrogen and oxygen atoms in total. The molecule has 0 N–H and O–H groups in total. The van der Waals surface area contributed by atoms with Crippen LogP contribution in [0.5, 0.6) is 5.75 Å². The molecule has 0 fully saturated rings. The van der Waals surface area contributed by atoms with Crippen molar-refractivity contribution >= 4 is 11.6 Å². The average molecular weight is 250 g/mol. The minimum absolute atomic E-state index is 0.111. The van der Waals surface area contributed by atoms with Gasteiger partial charge in [0.05, 0.1) is 6.54 Å². The number of nitrogens with zero attached hydrogens (tertiary/aromatic N) is 3. The third kappa shape index (κ3) is 1.89. The molecule has 0 aliphatic carbocycles. The van der Waals surface area contributed by atoms with Gasteiger partial charge in [-0.3, -0.25) is 4.57 Å². The monoisotopic (exact) mass is 249 g/mol. The molecule has 2 aromatic rings. The first-order valence-corrected chi connectivity index (χ1v) is 5.91. The Morgan fingerprint density at radius 3 is 2.94 bits per heavy atom. The van der Waals surface area contributed by atoms with Crippen LogP contribution < -0.4 is 4.74 Å². The lowest BCUT2D eigenvalue weighted by atomic mass is 10.1. The van der Waals surface area contributed by atoms with Gasteiger partial charge in [-0.2, -0.15) is 0 Å². The van der Waals surface area contributed by atoms with Gasteiger partial charge in [-0.05, 0) is 30.2 Å². The summed E-state index contributed by atoms with van der Waals surface area (Å²) >= 11 is 5.97. The van der Waals surface area contributed by atoms with E-state index in [0.717, 1.165) is 18.0 Å². The quantitative estimate of drug-likeness (QED) is 0.820. The van der Waals surface area contributed by atoms with Crippen LogP contribution in [0.25, 0.3) is 0 Å². The molecule has 2 heterocycles. The van der Waals surface area contributed by atoms with Gasteiger partial charge in [0, 0.05) is 6.42 Å². The molecule has 3 rings (SSSR count). The molecular weight excluding hydrogens is 238 g/mol. The second-order valence-corrected chi connectivity index (χ2v) is 4.52. The van der Waals surface area contributed by atoms with Gasteiger partial charge < -0.3 is 4.74 Å². The summed E-state index contributed by atoms with van der Waals surface area (Å²) in [6, 6.07) is 8.10. The smallest absolute Gasteiger partial charge is 0.225 e. The largest absolute Gasteiger partial charge is 0.488 e. The van der Waals surface area contributed by atoms with E-state index in [9.17, 15) is 0 Å². The maximum Gasteiger partial charge on any atom is 0.225 e. The molecule has 0 saturated heterocycles. The van der Waals surface area contributed by atoms with E-state index in [1.807, 2.05) is 29.7 Å². The minimum Gasteiger partial charge on any atom is -0.488 e. The first-order valence-electron chi connectivity index (χ1n) is 5.54. The molecule has 0 bridgehead atoms. The molecule has 1 aromatic heterocycles. The lowest BCUT2D eigenvalue weighted by Crippen LogP contribution is -2.21. The molecule has 1 atom stereocenters. The number of ether oxygens (including phenoxy) is 1. The summed E-state index contributed by atoms with van der Waals surface area (Å²) in [6.45, 7) is 2.58. The number of hydrogen-bond donors (Lipinski definition) is 0. The minimum atomic E-state index is 0.111. The van der Waals surface area contributed by atoms with Crippen LogP contribution in [-0.2, 0) is 13.0 Å². The highest BCUT2D eigenvalue weighted by Crippen LogP contribution is 2.29. The SMILES string of the molecule is Cc1nnc(Cl)n1CC1Cc2ccccc2O1. The van der Waals surface area contributed by atoms with Crippen molar-refractivity contribution in [1.82, 2.24) is 14.8 Å². The first kappa shape index (κ1) is 10.6. The van der Waals surface area contributed by atoms with Gasteiger partial charge in [0.1, 0.15) is 17.7 Å². The Morgan fingerprint density at radius 2 is 2.24 bits per heavy atom. The van der Waals surface area contributed by atoms with E-state index in [4.69, 9.17) is 16.3 Å². The number of fused-ring (bicyclic) bond motifs is 1. The van der Waals surface area contributed by atoms with Crippen LogP contribution in [0.4, 0.5) is 0 Å². The Balaban J connectivity index is 1.78. The van der Waals surface area contributed by atoms with E-state index in [1.54, 1.807) is 0 Å². The standard InChI is InChI=1S/C12H12ClN3O/c1-8-14-15-12(13)16(8)7-10-6-9-4-2-3-5-11(9)17-10/h2-5,10H,6-7H2,1H3. The molecule has 1 aromatic carbocycles. The Morgan fingerprint density at radius 1 is 1.41 bits per heavy atom. The summed E-state index contributed by atoms with van der Waals surface area (Å²) in [5.74, 6) is 1.79. The van der Waals surface area contributed by atoms with Crippen LogP contribution in [-0.4, -0.2) is 20.9 Å². The molecule has 5 heteroatoms. The third-order valence-corrected chi connectivity index (χ3v) is 3.27. The van der Waals surface area contributed by atoms with Crippen molar-refractivity contribution in [2.75, 3.05) is 0 Å². The molecular formula is C12H12ClN3O. The summed E-state index contributed by atoms with van der Waals surface area (Å²) in [4.78, 5) is 0. The van der Waals surface area contributed by atoms with Gasteiger partial charge in [-0.1, -0.05) is 18.2 Å². The molecule has 1 unspecified atom stereocenters. The fourth-order valence-electron chi connectivity index (χ4n) is 2.12. The number of hydrogen-bond acceptors (Lipinski definition) is 3. The number of aryl methyl sites for hydroxylation is 1. The van der Waals surface area contributed by atoms with E-state index in [-0.39, 0.29) is 6.10 Å². The Bertz CT molecular complexity index is 508. The average Bonchev–Trinajstić information content (AvgIpc) is 2.87. The Labute approximate surface area is 104 Å². The molecule has 0 spiro atoms. The number of aromatic nitrogens is 3. The number of para-hydroxylation sites is 1.